The zero-order valence-electron chi connectivity index (χ0n) is 24.4. The monoisotopic (exact) mass is 543 g/mol. The zero-order chi connectivity index (χ0) is 29.0. The molecule has 2 amide bonds. The van der Waals surface area contributed by atoms with Crippen LogP contribution >= 0.6 is 0 Å². The Kier molecular flexibility index (Phi) is 9.25. The normalized spacial score (nSPS) is 14.5. The highest BCUT2D eigenvalue weighted by molar-refractivity contribution is 6.36. The summed E-state index contributed by atoms with van der Waals surface area (Å²) in [5, 5.41) is 17.2. The number of nitrogens with zero attached hydrogens (tertiary/aromatic N) is 2. The minimum Gasteiger partial charge on any atom is -0.374 e. The number of aromatic amines is 1. The number of rotatable bonds is 11. The molecule has 0 fully saturated rings. The summed E-state index contributed by atoms with van der Waals surface area (Å²) >= 11 is 0. The fourth-order valence-corrected chi connectivity index (χ4v) is 5.30. The molecule has 1 aromatic heterocycles. The van der Waals surface area contributed by atoms with E-state index < -0.39 is 6.23 Å². The van der Waals surface area contributed by atoms with Gasteiger partial charge in [-0.1, -0.05) is 50.2 Å². The van der Waals surface area contributed by atoms with Crippen molar-refractivity contribution >= 4 is 29.2 Å². The van der Waals surface area contributed by atoms with Crippen molar-refractivity contribution in [1.29, 1.82) is 0 Å². The van der Waals surface area contributed by atoms with E-state index >= 15 is 0 Å². The number of aliphatic hydroxyl groups is 1. The van der Waals surface area contributed by atoms with Gasteiger partial charge in [-0.05, 0) is 61.3 Å². The Bertz CT molecular complexity index is 1420. The number of amides is 2. The van der Waals surface area contributed by atoms with Crippen LogP contribution in [0.15, 0.2) is 42.5 Å². The molecule has 2 heterocycles. The third-order valence-corrected chi connectivity index (χ3v) is 7.68. The van der Waals surface area contributed by atoms with Crippen LogP contribution in [-0.4, -0.2) is 72.0 Å². The molecule has 1 unspecified atom stereocenters. The molecule has 212 valence electrons. The van der Waals surface area contributed by atoms with E-state index in [0.29, 0.717) is 18.5 Å². The first kappa shape index (κ1) is 29.3. The highest BCUT2D eigenvalue weighted by Gasteiger charge is 2.28. The number of benzene rings is 2. The first-order valence-electron chi connectivity index (χ1n) is 13.9. The first-order valence-corrected chi connectivity index (χ1v) is 13.9. The molecule has 8 heteroatoms. The largest absolute Gasteiger partial charge is 0.374 e. The van der Waals surface area contributed by atoms with Gasteiger partial charge in [-0.25, -0.2) is 0 Å². The van der Waals surface area contributed by atoms with Crippen LogP contribution < -0.4 is 10.6 Å². The lowest BCUT2D eigenvalue weighted by Gasteiger charge is -2.20. The van der Waals surface area contributed by atoms with Gasteiger partial charge in [0.2, 0.25) is 5.91 Å². The van der Waals surface area contributed by atoms with Gasteiger partial charge in [0.15, 0.2) is 0 Å². The molecule has 3 aromatic rings. The maximum Gasteiger partial charge on any atom is 0.256 e. The van der Waals surface area contributed by atoms with E-state index in [1.54, 1.807) is 19.0 Å². The Morgan fingerprint density at radius 1 is 1.10 bits per heavy atom. The second-order valence-corrected chi connectivity index (χ2v) is 10.5. The molecule has 0 spiro atoms. The van der Waals surface area contributed by atoms with E-state index in [4.69, 9.17) is 0 Å². The lowest BCUT2D eigenvalue weighted by Crippen LogP contribution is -2.33. The summed E-state index contributed by atoms with van der Waals surface area (Å²) in [6.45, 7) is 11.6. The highest BCUT2D eigenvalue weighted by Crippen LogP contribution is 2.41. The fraction of sp³-hybridized carbons (Fsp3) is 0.375. The Balaban J connectivity index is 1.66. The van der Waals surface area contributed by atoms with E-state index in [2.05, 4.69) is 34.4 Å². The Hall–Kier alpha value is -3.72. The zero-order valence-corrected chi connectivity index (χ0v) is 24.4. The van der Waals surface area contributed by atoms with Crippen molar-refractivity contribution < 1.29 is 14.7 Å². The van der Waals surface area contributed by atoms with Gasteiger partial charge >= 0.3 is 0 Å². The van der Waals surface area contributed by atoms with Gasteiger partial charge in [-0.15, -0.1) is 0 Å². The molecular weight excluding hydrogens is 502 g/mol. The fourth-order valence-electron chi connectivity index (χ4n) is 5.30. The van der Waals surface area contributed by atoms with Crippen LogP contribution in [0.1, 0.15) is 53.7 Å². The van der Waals surface area contributed by atoms with Crippen molar-refractivity contribution in [1.82, 2.24) is 20.1 Å². The molecule has 1 atom stereocenters. The SMILES string of the molecule is CCN(CC)CCNC(O)c1c(C)[nH]c(/C=C2\C(=O)Nc3cccc(-c4cccc(CC(=O)N(C)C)c4)c32)c1C. The van der Waals surface area contributed by atoms with Gasteiger partial charge in [0.25, 0.3) is 5.91 Å². The number of anilines is 1. The van der Waals surface area contributed by atoms with Crippen LogP contribution in [0.5, 0.6) is 0 Å². The van der Waals surface area contributed by atoms with Gasteiger partial charge in [-0.2, -0.15) is 0 Å². The molecule has 8 nitrogen and oxygen atoms in total. The molecule has 0 aliphatic carbocycles. The molecule has 4 N–H and O–H groups in total. The average Bonchev–Trinajstić information content (AvgIpc) is 3.40. The second-order valence-electron chi connectivity index (χ2n) is 10.5. The van der Waals surface area contributed by atoms with E-state index in [0.717, 1.165) is 70.1 Å². The Morgan fingerprint density at radius 2 is 1.82 bits per heavy atom. The summed E-state index contributed by atoms with van der Waals surface area (Å²) in [5.41, 5.74) is 8.26. The summed E-state index contributed by atoms with van der Waals surface area (Å²) in [4.78, 5) is 32.8. The number of nitrogens with one attached hydrogen (secondary N) is 3. The van der Waals surface area contributed by atoms with Crippen LogP contribution in [0.25, 0.3) is 22.8 Å². The van der Waals surface area contributed by atoms with Crippen molar-refractivity contribution in [3.05, 3.63) is 76.1 Å². The van der Waals surface area contributed by atoms with Crippen LogP contribution in [0.2, 0.25) is 0 Å². The van der Waals surface area contributed by atoms with E-state index in [1.807, 2.05) is 62.4 Å². The first-order chi connectivity index (χ1) is 19.1. The number of hydrogen-bond acceptors (Lipinski definition) is 5. The molecule has 2 aromatic carbocycles. The van der Waals surface area contributed by atoms with Crippen molar-refractivity contribution in [2.24, 2.45) is 0 Å². The number of aryl methyl sites for hydroxylation is 1. The lowest BCUT2D eigenvalue weighted by molar-refractivity contribution is -0.128. The number of carbonyl (C=O) groups is 2. The lowest BCUT2D eigenvalue weighted by atomic mass is 9.92. The quantitative estimate of drug-likeness (QED) is 0.213. The summed E-state index contributed by atoms with van der Waals surface area (Å²) < 4.78 is 0. The molecule has 0 radical (unpaired) electrons. The van der Waals surface area contributed by atoms with E-state index in [9.17, 15) is 14.7 Å². The topological polar surface area (TPSA) is 101 Å². The predicted octanol–water partition coefficient (Wildman–Crippen LogP) is 4.34. The van der Waals surface area contributed by atoms with Crippen LogP contribution in [0.3, 0.4) is 0 Å². The smallest absolute Gasteiger partial charge is 0.256 e. The van der Waals surface area contributed by atoms with Gasteiger partial charge in [0, 0.05) is 55.4 Å². The van der Waals surface area contributed by atoms with Gasteiger partial charge in [-0.3, -0.25) is 14.9 Å². The number of H-pyrrole nitrogens is 1. The average molecular weight is 544 g/mol. The molecule has 0 bridgehead atoms. The predicted molar refractivity (Wildman–Crippen MR) is 162 cm³/mol. The summed E-state index contributed by atoms with van der Waals surface area (Å²) in [6, 6.07) is 13.7. The molecule has 1 aliphatic heterocycles. The Morgan fingerprint density at radius 3 is 2.52 bits per heavy atom. The molecule has 1 aliphatic rings. The maximum absolute atomic E-state index is 13.2. The van der Waals surface area contributed by atoms with Crippen LogP contribution in [0, 0.1) is 13.8 Å². The summed E-state index contributed by atoms with van der Waals surface area (Å²) in [7, 11) is 3.50. The highest BCUT2D eigenvalue weighted by atomic mass is 16.3. The minimum atomic E-state index is -0.813. The number of aliphatic hydroxyl groups excluding tert-OH is 1. The molecule has 40 heavy (non-hydrogen) atoms. The number of aromatic nitrogens is 1. The maximum atomic E-state index is 13.2. The number of carbonyl (C=O) groups excluding carboxylic acids is 2. The summed E-state index contributed by atoms with van der Waals surface area (Å²) in [6.07, 6.45) is 1.37. The molecule has 0 saturated carbocycles. The third-order valence-electron chi connectivity index (χ3n) is 7.68. The minimum absolute atomic E-state index is 0.0333. The van der Waals surface area contributed by atoms with Crippen LogP contribution in [0.4, 0.5) is 5.69 Å². The van der Waals surface area contributed by atoms with Crippen molar-refractivity contribution in [3.63, 3.8) is 0 Å². The van der Waals surface area contributed by atoms with Gasteiger partial charge in [0.05, 0.1) is 12.0 Å². The molecular formula is C32H41N5O3. The Labute approximate surface area is 237 Å². The molecule has 0 saturated heterocycles. The van der Waals surface area contributed by atoms with Crippen molar-refractivity contribution in [2.45, 2.75) is 40.3 Å². The van der Waals surface area contributed by atoms with Gasteiger partial charge in [0.1, 0.15) is 6.23 Å². The van der Waals surface area contributed by atoms with Gasteiger partial charge < -0.3 is 25.2 Å². The summed E-state index contributed by atoms with van der Waals surface area (Å²) in [5.74, 6) is -0.140. The number of likely N-dealkylation sites (N-methyl/N-ethyl adjacent to an activating group) is 2. The van der Waals surface area contributed by atoms with Crippen LogP contribution in [-0.2, 0) is 16.0 Å². The van der Waals surface area contributed by atoms with Crippen molar-refractivity contribution in [2.75, 3.05) is 45.6 Å². The van der Waals surface area contributed by atoms with E-state index in [1.165, 1.54) is 0 Å². The third kappa shape index (κ3) is 6.20. The molecule has 4 rings (SSSR count). The standard InChI is InChI=1S/C32H41N5O3/c1-7-37(8-2)16-15-33-32(40)29-20(3)27(34-21(29)4)19-25-30-24(13-10-14-26(30)35-31(25)39)23-12-9-11-22(17-23)18-28(38)36(5)6/h9-14,17,19,32-34,40H,7-8,15-16,18H2,1-6H3,(H,35,39)/b25-19-. The van der Waals surface area contributed by atoms with Crippen molar-refractivity contribution in [3.8, 4) is 11.1 Å². The second kappa shape index (κ2) is 12.6. The number of fused-ring (bicyclic) bond motifs is 1. The van der Waals surface area contributed by atoms with E-state index in [-0.39, 0.29) is 11.8 Å². The number of hydrogen-bond donors (Lipinski definition) is 4.